The monoisotopic (exact) mass is 403 g/mol. The van der Waals surface area contributed by atoms with E-state index in [4.69, 9.17) is 11.6 Å². The summed E-state index contributed by atoms with van der Waals surface area (Å²) in [4.78, 5) is 4.33. The lowest BCUT2D eigenvalue weighted by molar-refractivity contribution is 0.431. The number of aromatic nitrogens is 3. The lowest BCUT2D eigenvalue weighted by Gasteiger charge is -2.31. The fourth-order valence-electron chi connectivity index (χ4n) is 3.25. The summed E-state index contributed by atoms with van der Waals surface area (Å²) in [6.07, 6.45) is 1.81. The van der Waals surface area contributed by atoms with Crippen LogP contribution in [0.3, 0.4) is 0 Å². The Labute approximate surface area is 162 Å². The molecule has 0 bridgehead atoms. The lowest BCUT2D eigenvalue weighted by atomic mass is 9.93. The number of anilines is 2. The van der Waals surface area contributed by atoms with Crippen LogP contribution in [0.2, 0.25) is 5.02 Å². The van der Waals surface area contributed by atoms with E-state index in [0.717, 1.165) is 23.8 Å². The molecule has 0 saturated heterocycles. The summed E-state index contributed by atoms with van der Waals surface area (Å²) in [6.45, 7) is 0. The second kappa shape index (κ2) is 6.86. The average molecular weight is 404 g/mol. The second-order valence-corrected chi connectivity index (χ2v) is 8.67. The Bertz CT molecular complexity index is 1050. The molecule has 1 aliphatic heterocycles. The Hall–Kier alpha value is -2.58. The molecular weight excluding hydrogens is 386 g/mol. The van der Waals surface area contributed by atoms with Gasteiger partial charge in [-0.25, -0.2) is 13.1 Å². The quantitative estimate of drug-likeness (QED) is 0.696. The number of fused-ring (bicyclic) bond motifs is 1. The molecule has 0 aliphatic carbocycles. The minimum atomic E-state index is -3.46. The van der Waals surface area contributed by atoms with Crippen molar-refractivity contribution in [3.63, 3.8) is 0 Å². The van der Waals surface area contributed by atoms with E-state index in [2.05, 4.69) is 20.1 Å². The van der Waals surface area contributed by atoms with Crippen LogP contribution in [0.4, 0.5) is 11.9 Å². The third kappa shape index (κ3) is 3.91. The van der Waals surface area contributed by atoms with Gasteiger partial charge >= 0.3 is 0 Å². The van der Waals surface area contributed by atoms with Crippen LogP contribution in [-0.2, 0) is 10.0 Å². The van der Waals surface area contributed by atoms with Crippen LogP contribution in [0, 0.1) is 0 Å². The van der Waals surface area contributed by atoms with Crippen LogP contribution >= 0.6 is 11.6 Å². The minimum Gasteiger partial charge on any atom is -0.347 e. The molecule has 0 radical (unpaired) electrons. The molecule has 27 heavy (non-hydrogen) atoms. The summed E-state index contributed by atoms with van der Waals surface area (Å²) in [5, 5.41) is 8.40. The summed E-state index contributed by atoms with van der Waals surface area (Å²) in [5.74, 6) is 0.568. The third-order valence-corrected chi connectivity index (χ3v) is 5.23. The van der Waals surface area contributed by atoms with Crippen LogP contribution in [0.25, 0.3) is 0 Å². The predicted octanol–water partition coefficient (Wildman–Crippen LogP) is 3.45. The first-order chi connectivity index (χ1) is 12.9. The van der Waals surface area contributed by atoms with Crippen molar-refractivity contribution in [3.8, 4) is 0 Å². The highest BCUT2D eigenvalue weighted by Crippen LogP contribution is 2.38. The maximum absolute atomic E-state index is 11.5. The van der Waals surface area contributed by atoms with Gasteiger partial charge in [-0.2, -0.15) is 4.98 Å². The van der Waals surface area contributed by atoms with E-state index >= 15 is 0 Å². The molecule has 0 unspecified atom stereocenters. The van der Waals surface area contributed by atoms with E-state index in [0.29, 0.717) is 11.0 Å². The lowest BCUT2D eigenvalue weighted by Crippen LogP contribution is -2.28. The summed E-state index contributed by atoms with van der Waals surface area (Å²) in [7, 11) is -3.46. The van der Waals surface area contributed by atoms with Crippen LogP contribution in [-0.4, -0.2) is 29.4 Å². The first-order valence-corrected chi connectivity index (χ1v) is 10.7. The van der Waals surface area contributed by atoms with Crippen LogP contribution in [0.15, 0.2) is 54.6 Å². The van der Waals surface area contributed by atoms with E-state index in [1.807, 2.05) is 54.6 Å². The van der Waals surface area contributed by atoms with Gasteiger partial charge in [0.05, 0.1) is 18.3 Å². The topological polar surface area (TPSA) is 88.9 Å². The third-order valence-electron chi connectivity index (χ3n) is 4.42. The van der Waals surface area contributed by atoms with Gasteiger partial charge in [0.15, 0.2) is 0 Å². The number of sulfonamides is 1. The van der Waals surface area contributed by atoms with Gasteiger partial charge in [-0.05, 0) is 29.7 Å². The standard InChI is InChI=1S/C18H18ClN5O2S/c1-27(25,26)23-17-21-18-20-15(12-7-9-14(19)10-8-12)11-16(24(18)22-17)13-5-3-2-4-6-13/h2-10,15-16H,11H2,1H3,(H2,20,21,22,23)/t15-,16-/m1/s1. The summed E-state index contributed by atoms with van der Waals surface area (Å²) >= 11 is 6.01. The fourth-order valence-corrected chi connectivity index (χ4v) is 3.80. The molecule has 2 heterocycles. The van der Waals surface area contributed by atoms with Crippen LogP contribution < -0.4 is 10.0 Å². The Morgan fingerprint density at radius 3 is 2.48 bits per heavy atom. The molecule has 0 fully saturated rings. The first-order valence-electron chi connectivity index (χ1n) is 8.40. The van der Waals surface area contributed by atoms with Gasteiger partial charge in [-0.15, -0.1) is 5.10 Å². The van der Waals surface area contributed by atoms with Gasteiger partial charge in [-0.1, -0.05) is 54.1 Å². The SMILES string of the molecule is CS(=O)(=O)Nc1nc2n(n1)[C@@H](c1ccccc1)C[C@H](c1ccc(Cl)cc1)N2. The van der Waals surface area contributed by atoms with Crippen molar-refractivity contribution in [2.24, 2.45) is 0 Å². The van der Waals surface area contributed by atoms with Gasteiger partial charge in [0.2, 0.25) is 16.0 Å². The van der Waals surface area contributed by atoms with Crippen LogP contribution in [0.5, 0.6) is 0 Å². The highest BCUT2D eigenvalue weighted by molar-refractivity contribution is 7.91. The van der Waals surface area contributed by atoms with E-state index in [1.54, 1.807) is 4.68 Å². The molecule has 7 nitrogen and oxygen atoms in total. The number of hydrogen-bond donors (Lipinski definition) is 2. The number of nitrogens with one attached hydrogen (secondary N) is 2. The molecule has 2 N–H and O–H groups in total. The number of rotatable bonds is 4. The molecule has 0 spiro atoms. The van der Waals surface area contributed by atoms with Gasteiger partial charge in [0.1, 0.15) is 0 Å². The summed E-state index contributed by atoms with van der Waals surface area (Å²) in [6, 6.07) is 17.5. The number of benzene rings is 2. The molecule has 0 amide bonds. The van der Waals surface area contributed by atoms with E-state index in [9.17, 15) is 8.42 Å². The molecule has 3 aromatic rings. The van der Waals surface area contributed by atoms with E-state index in [-0.39, 0.29) is 18.0 Å². The fraction of sp³-hybridized carbons (Fsp3) is 0.222. The minimum absolute atomic E-state index is 0.00439. The van der Waals surface area contributed by atoms with Gasteiger partial charge in [0, 0.05) is 5.02 Å². The van der Waals surface area contributed by atoms with Crippen molar-refractivity contribution in [3.05, 3.63) is 70.7 Å². The molecular formula is C18H18ClN5O2S. The zero-order valence-electron chi connectivity index (χ0n) is 14.5. The molecule has 2 aromatic carbocycles. The zero-order valence-corrected chi connectivity index (χ0v) is 16.1. The zero-order chi connectivity index (χ0) is 19.0. The van der Waals surface area contributed by atoms with Crippen molar-refractivity contribution in [1.29, 1.82) is 0 Å². The molecule has 1 aromatic heterocycles. The molecule has 140 valence electrons. The van der Waals surface area contributed by atoms with Gasteiger partial charge < -0.3 is 5.32 Å². The highest BCUT2D eigenvalue weighted by atomic mass is 35.5. The van der Waals surface area contributed by atoms with Crippen molar-refractivity contribution in [2.75, 3.05) is 16.3 Å². The smallest absolute Gasteiger partial charge is 0.257 e. The largest absolute Gasteiger partial charge is 0.347 e. The summed E-state index contributed by atoms with van der Waals surface area (Å²) < 4.78 is 27.2. The molecule has 0 saturated carbocycles. The maximum Gasteiger partial charge on any atom is 0.257 e. The average Bonchev–Trinajstić information content (AvgIpc) is 3.02. The Balaban J connectivity index is 1.75. The van der Waals surface area contributed by atoms with Crippen LogP contribution in [0.1, 0.15) is 29.6 Å². The summed E-state index contributed by atoms with van der Waals surface area (Å²) in [5.41, 5.74) is 2.15. The maximum atomic E-state index is 11.5. The second-order valence-electron chi connectivity index (χ2n) is 6.49. The Morgan fingerprint density at radius 1 is 1.11 bits per heavy atom. The Morgan fingerprint density at radius 2 is 1.81 bits per heavy atom. The van der Waals surface area contributed by atoms with Gasteiger partial charge in [-0.3, -0.25) is 4.72 Å². The van der Waals surface area contributed by atoms with Crippen molar-refractivity contribution in [1.82, 2.24) is 14.8 Å². The highest BCUT2D eigenvalue weighted by Gasteiger charge is 2.31. The molecule has 2 atom stereocenters. The molecule has 9 heteroatoms. The predicted molar refractivity (Wildman–Crippen MR) is 106 cm³/mol. The Kier molecular flexibility index (Phi) is 4.53. The van der Waals surface area contributed by atoms with Gasteiger partial charge in [0.25, 0.3) is 5.95 Å². The van der Waals surface area contributed by atoms with E-state index in [1.165, 1.54) is 0 Å². The normalized spacial score (nSPS) is 19.2. The first kappa shape index (κ1) is 17.8. The number of hydrogen-bond acceptors (Lipinski definition) is 5. The molecule has 4 rings (SSSR count). The van der Waals surface area contributed by atoms with E-state index < -0.39 is 10.0 Å². The molecule has 1 aliphatic rings. The van der Waals surface area contributed by atoms with Crippen molar-refractivity contribution < 1.29 is 8.42 Å². The number of halogens is 1. The van der Waals surface area contributed by atoms with Crippen molar-refractivity contribution in [2.45, 2.75) is 18.5 Å². The number of nitrogens with zero attached hydrogens (tertiary/aromatic N) is 3. The van der Waals surface area contributed by atoms with Crippen molar-refractivity contribution >= 4 is 33.5 Å².